The quantitative estimate of drug-likeness (QED) is 0.750. The van der Waals surface area contributed by atoms with Gasteiger partial charge in [0.1, 0.15) is 11.5 Å². The molecule has 1 saturated heterocycles. The van der Waals surface area contributed by atoms with E-state index in [1.807, 2.05) is 26.0 Å². The monoisotopic (exact) mass is 375 g/mol. The zero-order chi connectivity index (χ0) is 19.2. The normalized spacial score (nSPS) is 24.5. The summed E-state index contributed by atoms with van der Waals surface area (Å²) in [7, 11) is 0. The van der Waals surface area contributed by atoms with Crippen molar-refractivity contribution in [3.8, 4) is 0 Å². The van der Waals surface area contributed by atoms with E-state index in [4.69, 9.17) is 4.42 Å². The number of nitrogens with one attached hydrogen (secondary N) is 2. The number of amides is 2. The van der Waals surface area contributed by atoms with Crippen molar-refractivity contribution in [1.82, 2.24) is 15.5 Å². The van der Waals surface area contributed by atoms with Crippen LogP contribution in [0.4, 0.5) is 0 Å². The van der Waals surface area contributed by atoms with Gasteiger partial charge >= 0.3 is 0 Å². The first-order chi connectivity index (χ1) is 13.1. The fraction of sp³-hybridized carbons (Fsp3) is 0.714. The number of aryl methyl sites for hydroxylation is 1. The SMILES string of the molecule is CCNC(=O)C1CC(NC(=O)C2CCCCCC2)CN1Cc1ccc(C)o1. The average molecular weight is 376 g/mol. The number of carbonyl (C=O) groups is 2. The van der Waals surface area contributed by atoms with Crippen LogP contribution in [-0.4, -0.2) is 41.9 Å². The summed E-state index contributed by atoms with van der Waals surface area (Å²) in [5.41, 5.74) is 0. The van der Waals surface area contributed by atoms with E-state index in [0.717, 1.165) is 37.2 Å². The zero-order valence-electron chi connectivity index (χ0n) is 16.6. The number of hydrogen-bond donors (Lipinski definition) is 2. The third-order valence-corrected chi connectivity index (χ3v) is 5.78. The zero-order valence-corrected chi connectivity index (χ0v) is 16.6. The van der Waals surface area contributed by atoms with Crippen LogP contribution >= 0.6 is 0 Å². The molecular formula is C21H33N3O3. The molecule has 0 bridgehead atoms. The first kappa shape index (κ1) is 19.9. The van der Waals surface area contributed by atoms with Gasteiger partial charge < -0.3 is 15.1 Å². The van der Waals surface area contributed by atoms with Gasteiger partial charge in [-0.3, -0.25) is 14.5 Å². The molecule has 0 spiro atoms. The van der Waals surface area contributed by atoms with Gasteiger partial charge in [0.15, 0.2) is 0 Å². The fourth-order valence-electron chi connectivity index (χ4n) is 4.38. The lowest BCUT2D eigenvalue weighted by Crippen LogP contribution is -2.42. The molecule has 0 aromatic carbocycles. The molecule has 2 aliphatic rings. The van der Waals surface area contributed by atoms with Crippen molar-refractivity contribution in [1.29, 1.82) is 0 Å². The first-order valence-corrected chi connectivity index (χ1v) is 10.4. The predicted molar refractivity (Wildman–Crippen MR) is 104 cm³/mol. The Hall–Kier alpha value is -1.82. The van der Waals surface area contributed by atoms with Gasteiger partial charge in [0, 0.05) is 25.0 Å². The summed E-state index contributed by atoms with van der Waals surface area (Å²) in [6.45, 7) is 5.73. The maximum Gasteiger partial charge on any atom is 0.237 e. The van der Waals surface area contributed by atoms with E-state index < -0.39 is 0 Å². The lowest BCUT2D eigenvalue weighted by atomic mass is 9.99. The van der Waals surface area contributed by atoms with Crippen LogP contribution in [0.25, 0.3) is 0 Å². The molecule has 2 unspecified atom stereocenters. The van der Waals surface area contributed by atoms with E-state index in [1.54, 1.807) is 0 Å². The topological polar surface area (TPSA) is 74.6 Å². The smallest absolute Gasteiger partial charge is 0.237 e. The minimum Gasteiger partial charge on any atom is -0.465 e. The minimum absolute atomic E-state index is 0.0180. The van der Waals surface area contributed by atoms with E-state index in [0.29, 0.717) is 26.1 Å². The molecule has 150 valence electrons. The van der Waals surface area contributed by atoms with Crippen molar-refractivity contribution in [3.05, 3.63) is 23.7 Å². The van der Waals surface area contributed by atoms with Gasteiger partial charge in [0.2, 0.25) is 11.8 Å². The van der Waals surface area contributed by atoms with Gasteiger partial charge in [-0.05, 0) is 45.2 Å². The van der Waals surface area contributed by atoms with E-state index in [2.05, 4.69) is 15.5 Å². The summed E-state index contributed by atoms with van der Waals surface area (Å²) in [5, 5.41) is 6.16. The van der Waals surface area contributed by atoms with Gasteiger partial charge in [0.05, 0.1) is 12.6 Å². The molecule has 6 heteroatoms. The van der Waals surface area contributed by atoms with Crippen LogP contribution in [0.2, 0.25) is 0 Å². The molecule has 27 heavy (non-hydrogen) atoms. The van der Waals surface area contributed by atoms with Gasteiger partial charge in [0.25, 0.3) is 0 Å². The molecular weight excluding hydrogens is 342 g/mol. The second-order valence-corrected chi connectivity index (χ2v) is 7.98. The number of likely N-dealkylation sites (tertiary alicyclic amines) is 1. The number of carbonyl (C=O) groups excluding carboxylic acids is 2. The molecule has 2 N–H and O–H groups in total. The van der Waals surface area contributed by atoms with Crippen LogP contribution in [-0.2, 0) is 16.1 Å². The van der Waals surface area contributed by atoms with Crippen molar-refractivity contribution >= 4 is 11.8 Å². The first-order valence-electron chi connectivity index (χ1n) is 10.4. The van der Waals surface area contributed by atoms with Crippen LogP contribution in [0.3, 0.4) is 0 Å². The lowest BCUT2D eigenvalue weighted by molar-refractivity contribution is -0.127. The average Bonchev–Trinajstić information content (AvgIpc) is 3.11. The van der Waals surface area contributed by atoms with Gasteiger partial charge in [-0.15, -0.1) is 0 Å². The Morgan fingerprint density at radius 3 is 2.52 bits per heavy atom. The Morgan fingerprint density at radius 1 is 1.15 bits per heavy atom. The molecule has 2 fully saturated rings. The third-order valence-electron chi connectivity index (χ3n) is 5.78. The fourth-order valence-corrected chi connectivity index (χ4v) is 4.38. The molecule has 1 aliphatic carbocycles. The van der Waals surface area contributed by atoms with Crippen LogP contribution in [0, 0.1) is 12.8 Å². The van der Waals surface area contributed by atoms with Crippen molar-refractivity contribution < 1.29 is 14.0 Å². The molecule has 3 rings (SSSR count). The molecule has 2 amide bonds. The molecule has 1 saturated carbocycles. The number of hydrogen-bond acceptors (Lipinski definition) is 4. The number of likely N-dealkylation sites (N-methyl/N-ethyl adjacent to an activating group) is 1. The largest absolute Gasteiger partial charge is 0.465 e. The lowest BCUT2D eigenvalue weighted by Gasteiger charge is -2.22. The standard InChI is InChI=1S/C21H33N3O3/c1-3-22-21(26)19-12-17(13-24(19)14-18-11-10-15(2)27-18)23-20(25)16-8-6-4-5-7-9-16/h10-11,16-17,19H,3-9,12-14H2,1-2H3,(H,22,26)(H,23,25). The highest BCUT2D eigenvalue weighted by molar-refractivity contribution is 5.83. The van der Waals surface area contributed by atoms with E-state index in [9.17, 15) is 9.59 Å². The summed E-state index contributed by atoms with van der Waals surface area (Å²) < 4.78 is 5.70. The Morgan fingerprint density at radius 2 is 1.89 bits per heavy atom. The summed E-state index contributed by atoms with van der Waals surface area (Å²) in [6, 6.07) is 3.69. The molecule has 1 aromatic rings. The second-order valence-electron chi connectivity index (χ2n) is 7.98. The van der Waals surface area contributed by atoms with Crippen molar-refractivity contribution in [2.45, 2.75) is 77.4 Å². The van der Waals surface area contributed by atoms with Crippen molar-refractivity contribution in [2.24, 2.45) is 5.92 Å². The Bertz CT molecular complexity index is 634. The third kappa shape index (κ3) is 5.34. The van der Waals surface area contributed by atoms with Crippen LogP contribution in [0.1, 0.15) is 63.4 Å². The number of rotatable bonds is 6. The molecule has 1 aliphatic heterocycles. The Balaban J connectivity index is 1.62. The van der Waals surface area contributed by atoms with Crippen molar-refractivity contribution in [2.75, 3.05) is 13.1 Å². The van der Waals surface area contributed by atoms with Gasteiger partial charge in [-0.25, -0.2) is 0 Å². The highest BCUT2D eigenvalue weighted by atomic mass is 16.3. The summed E-state index contributed by atoms with van der Waals surface area (Å²) >= 11 is 0. The van der Waals surface area contributed by atoms with E-state index >= 15 is 0 Å². The highest BCUT2D eigenvalue weighted by Gasteiger charge is 2.38. The Kier molecular flexibility index (Phi) is 6.94. The second kappa shape index (κ2) is 9.40. The molecule has 2 heterocycles. The Labute approximate surface area is 162 Å². The van der Waals surface area contributed by atoms with E-state index in [-0.39, 0.29) is 29.8 Å². The number of nitrogens with zero attached hydrogens (tertiary/aromatic N) is 1. The minimum atomic E-state index is -0.227. The highest BCUT2D eigenvalue weighted by Crippen LogP contribution is 2.25. The maximum absolute atomic E-state index is 12.7. The van der Waals surface area contributed by atoms with Crippen LogP contribution < -0.4 is 10.6 Å². The van der Waals surface area contributed by atoms with Crippen LogP contribution in [0.15, 0.2) is 16.5 Å². The summed E-state index contributed by atoms with van der Waals surface area (Å²) in [6.07, 6.45) is 7.42. The summed E-state index contributed by atoms with van der Waals surface area (Å²) in [5.74, 6) is 2.07. The maximum atomic E-state index is 12.7. The van der Waals surface area contributed by atoms with Gasteiger partial charge in [-0.2, -0.15) is 0 Å². The molecule has 0 radical (unpaired) electrons. The van der Waals surface area contributed by atoms with Crippen LogP contribution in [0.5, 0.6) is 0 Å². The molecule has 2 atom stereocenters. The summed E-state index contributed by atoms with van der Waals surface area (Å²) in [4.78, 5) is 27.4. The van der Waals surface area contributed by atoms with Crippen molar-refractivity contribution in [3.63, 3.8) is 0 Å². The number of furan rings is 1. The molecule has 6 nitrogen and oxygen atoms in total. The van der Waals surface area contributed by atoms with E-state index in [1.165, 1.54) is 12.8 Å². The van der Waals surface area contributed by atoms with Gasteiger partial charge in [-0.1, -0.05) is 25.7 Å². The predicted octanol–water partition coefficient (Wildman–Crippen LogP) is 2.75. The molecule has 1 aromatic heterocycles.